The van der Waals surface area contributed by atoms with Gasteiger partial charge in [-0.2, -0.15) is 11.8 Å². The zero-order valence-electron chi connectivity index (χ0n) is 9.79. The molecule has 0 spiro atoms. The van der Waals surface area contributed by atoms with E-state index in [2.05, 4.69) is 18.7 Å². The fourth-order valence-electron chi connectivity index (χ4n) is 2.73. The van der Waals surface area contributed by atoms with Gasteiger partial charge in [0.1, 0.15) is 5.78 Å². The number of hydrogen-bond acceptors (Lipinski definition) is 3. The lowest BCUT2D eigenvalue weighted by Crippen LogP contribution is -2.51. The molecule has 1 saturated carbocycles. The van der Waals surface area contributed by atoms with Crippen molar-refractivity contribution in [1.82, 2.24) is 4.90 Å². The third-order valence-electron chi connectivity index (χ3n) is 3.86. The quantitative estimate of drug-likeness (QED) is 0.685. The average molecular weight is 227 g/mol. The van der Waals surface area contributed by atoms with Crippen LogP contribution >= 0.6 is 11.8 Å². The molecule has 0 N–H and O–H groups in total. The number of hydrogen-bond donors (Lipinski definition) is 0. The number of rotatable bonds is 1. The Bertz CT molecular complexity index is 246. The highest BCUT2D eigenvalue weighted by Crippen LogP contribution is 2.37. The van der Waals surface area contributed by atoms with Crippen molar-refractivity contribution in [2.45, 2.75) is 39.2 Å². The van der Waals surface area contributed by atoms with Gasteiger partial charge in [0.15, 0.2) is 0 Å². The van der Waals surface area contributed by atoms with Crippen LogP contribution in [0.5, 0.6) is 0 Å². The standard InChI is InChI=1S/C12H21NOS/c1-12(2)4-3-10(14)9-11(12)13-5-7-15-8-6-13/h11H,3-9H2,1-2H3. The molecule has 1 aliphatic carbocycles. The number of ketones is 1. The van der Waals surface area contributed by atoms with Crippen molar-refractivity contribution in [1.29, 1.82) is 0 Å². The predicted octanol–water partition coefficient (Wildman–Crippen LogP) is 2.18. The van der Waals surface area contributed by atoms with Gasteiger partial charge in [0.05, 0.1) is 0 Å². The molecule has 2 rings (SSSR count). The molecule has 3 heteroatoms. The average Bonchev–Trinajstić information content (AvgIpc) is 2.23. The molecule has 1 saturated heterocycles. The van der Waals surface area contributed by atoms with Gasteiger partial charge in [-0.05, 0) is 11.8 Å². The highest BCUT2D eigenvalue weighted by atomic mass is 32.2. The first-order valence-electron chi connectivity index (χ1n) is 5.93. The Morgan fingerprint density at radius 1 is 1.33 bits per heavy atom. The zero-order chi connectivity index (χ0) is 10.9. The second-order valence-corrected chi connectivity index (χ2v) is 6.62. The number of thioether (sulfide) groups is 1. The second-order valence-electron chi connectivity index (χ2n) is 5.40. The molecule has 0 bridgehead atoms. The number of carbonyl (C=O) groups is 1. The highest BCUT2D eigenvalue weighted by Gasteiger charge is 2.39. The maximum absolute atomic E-state index is 11.6. The third-order valence-corrected chi connectivity index (χ3v) is 4.80. The van der Waals surface area contributed by atoms with Crippen molar-refractivity contribution >= 4 is 17.5 Å². The summed E-state index contributed by atoms with van der Waals surface area (Å²) in [5.74, 6) is 2.94. The minimum atomic E-state index is 0.329. The minimum absolute atomic E-state index is 0.329. The van der Waals surface area contributed by atoms with E-state index in [0.29, 0.717) is 17.2 Å². The summed E-state index contributed by atoms with van der Waals surface area (Å²) in [7, 11) is 0. The van der Waals surface area contributed by atoms with Crippen molar-refractivity contribution in [3.63, 3.8) is 0 Å². The van der Waals surface area contributed by atoms with Gasteiger partial charge in [-0.3, -0.25) is 9.69 Å². The Balaban J connectivity index is 2.06. The van der Waals surface area contributed by atoms with Crippen molar-refractivity contribution in [3.8, 4) is 0 Å². The zero-order valence-corrected chi connectivity index (χ0v) is 10.6. The summed E-state index contributed by atoms with van der Waals surface area (Å²) in [6, 6.07) is 0.500. The van der Waals surface area contributed by atoms with Crippen molar-refractivity contribution in [2.24, 2.45) is 5.41 Å². The molecule has 0 aromatic rings. The predicted molar refractivity (Wildman–Crippen MR) is 65.3 cm³/mol. The van der Waals surface area contributed by atoms with Gasteiger partial charge in [0.25, 0.3) is 0 Å². The highest BCUT2D eigenvalue weighted by molar-refractivity contribution is 7.99. The van der Waals surface area contributed by atoms with Crippen molar-refractivity contribution in [3.05, 3.63) is 0 Å². The van der Waals surface area contributed by atoms with Gasteiger partial charge >= 0.3 is 0 Å². The Hall–Kier alpha value is -0.0200. The van der Waals surface area contributed by atoms with E-state index in [4.69, 9.17) is 0 Å². The first-order valence-corrected chi connectivity index (χ1v) is 7.08. The van der Waals surface area contributed by atoms with Crippen LogP contribution in [0.25, 0.3) is 0 Å². The summed E-state index contributed by atoms with van der Waals surface area (Å²) in [5, 5.41) is 0. The van der Waals surface area contributed by atoms with Crippen LogP contribution in [0.15, 0.2) is 0 Å². The molecule has 1 heterocycles. The molecule has 0 amide bonds. The van der Waals surface area contributed by atoms with E-state index in [1.54, 1.807) is 0 Å². The summed E-state index contributed by atoms with van der Waals surface area (Å²) in [5.41, 5.74) is 0.329. The summed E-state index contributed by atoms with van der Waals surface area (Å²) in [6.45, 7) is 7.00. The fraction of sp³-hybridized carbons (Fsp3) is 0.917. The van der Waals surface area contributed by atoms with E-state index in [9.17, 15) is 4.79 Å². The van der Waals surface area contributed by atoms with Crippen LogP contribution < -0.4 is 0 Å². The summed E-state index contributed by atoms with van der Waals surface area (Å²) >= 11 is 2.04. The van der Waals surface area contributed by atoms with E-state index in [0.717, 1.165) is 19.3 Å². The maximum Gasteiger partial charge on any atom is 0.134 e. The van der Waals surface area contributed by atoms with Gasteiger partial charge in [-0.25, -0.2) is 0 Å². The normalized spacial score (nSPS) is 32.9. The van der Waals surface area contributed by atoms with Crippen LogP contribution in [0.1, 0.15) is 33.1 Å². The first-order chi connectivity index (χ1) is 7.09. The monoisotopic (exact) mass is 227 g/mol. The lowest BCUT2D eigenvalue weighted by atomic mass is 9.72. The molecule has 2 nitrogen and oxygen atoms in total. The van der Waals surface area contributed by atoms with Crippen LogP contribution in [0.2, 0.25) is 0 Å². The molecule has 0 aromatic heterocycles. The Labute approximate surface area is 96.8 Å². The third kappa shape index (κ3) is 2.56. The Morgan fingerprint density at radius 3 is 2.67 bits per heavy atom. The number of nitrogens with zero attached hydrogens (tertiary/aromatic N) is 1. The van der Waals surface area contributed by atoms with Crippen LogP contribution in [-0.4, -0.2) is 41.3 Å². The van der Waals surface area contributed by atoms with Gasteiger partial charge in [0.2, 0.25) is 0 Å². The molecule has 0 aromatic carbocycles. The molecule has 86 valence electrons. The van der Waals surface area contributed by atoms with Gasteiger partial charge in [0, 0.05) is 43.5 Å². The van der Waals surface area contributed by atoms with E-state index >= 15 is 0 Å². The smallest absolute Gasteiger partial charge is 0.134 e. The second kappa shape index (κ2) is 4.46. The van der Waals surface area contributed by atoms with Gasteiger partial charge in [-0.1, -0.05) is 13.8 Å². The molecule has 0 radical (unpaired) electrons. The topological polar surface area (TPSA) is 20.3 Å². The van der Waals surface area contributed by atoms with Crippen molar-refractivity contribution in [2.75, 3.05) is 24.6 Å². The number of carbonyl (C=O) groups excluding carboxylic acids is 1. The molecule has 1 unspecified atom stereocenters. The molecular formula is C12H21NOS. The van der Waals surface area contributed by atoms with E-state index < -0.39 is 0 Å². The molecule has 1 atom stereocenters. The first kappa shape index (κ1) is 11.5. The summed E-state index contributed by atoms with van der Waals surface area (Å²) < 4.78 is 0. The molecule has 1 aliphatic heterocycles. The Kier molecular flexibility index (Phi) is 3.41. The van der Waals surface area contributed by atoms with Crippen LogP contribution in [0, 0.1) is 5.41 Å². The van der Waals surface area contributed by atoms with Crippen LogP contribution in [-0.2, 0) is 4.79 Å². The fourth-order valence-corrected chi connectivity index (χ4v) is 3.67. The van der Waals surface area contributed by atoms with E-state index in [-0.39, 0.29) is 0 Å². The van der Waals surface area contributed by atoms with Crippen molar-refractivity contribution < 1.29 is 4.79 Å². The molecule has 15 heavy (non-hydrogen) atoms. The summed E-state index contributed by atoms with van der Waals surface area (Å²) in [4.78, 5) is 14.1. The van der Waals surface area contributed by atoms with Crippen LogP contribution in [0.4, 0.5) is 0 Å². The lowest BCUT2D eigenvalue weighted by Gasteiger charge is -2.46. The minimum Gasteiger partial charge on any atom is -0.300 e. The lowest BCUT2D eigenvalue weighted by molar-refractivity contribution is -0.125. The number of Topliss-reactive ketones (excluding diaryl/α,β-unsaturated/α-hetero) is 1. The summed E-state index contributed by atoms with van der Waals surface area (Å²) in [6.07, 6.45) is 2.66. The van der Waals surface area contributed by atoms with E-state index in [1.165, 1.54) is 24.6 Å². The SMILES string of the molecule is CC1(C)CCC(=O)CC1N1CCSCC1. The maximum atomic E-state index is 11.6. The molecule has 2 fully saturated rings. The Morgan fingerprint density at radius 2 is 2.00 bits per heavy atom. The van der Waals surface area contributed by atoms with Crippen LogP contribution in [0.3, 0.4) is 0 Å². The van der Waals surface area contributed by atoms with Gasteiger partial charge in [-0.15, -0.1) is 0 Å². The van der Waals surface area contributed by atoms with E-state index in [1.807, 2.05) is 11.8 Å². The van der Waals surface area contributed by atoms with Gasteiger partial charge < -0.3 is 0 Å². The molecule has 2 aliphatic rings. The largest absolute Gasteiger partial charge is 0.300 e. The molecular weight excluding hydrogens is 206 g/mol.